The monoisotopic (exact) mass is 498 g/mol. The Hall–Kier alpha value is -4.48. The number of thiophene rings is 1. The zero-order valence-corrected chi connectivity index (χ0v) is 20.7. The summed E-state index contributed by atoms with van der Waals surface area (Å²) in [4.78, 5) is 19.6. The molecule has 0 saturated carbocycles. The van der Waals surface area contributed by atoms with Crippen LogP contribution in [0, 0.1) is 0 Å². The first-order chi connectivity index (χ1) is 18.2. The molecule has 2 N–H and O–H groups in total. The van der Waals surface area contributed by atoms with Crippen LogP contribution in [-0.2, 0) is 12.8 Å². The number of rotatable bonds is 4. The van der Waals surface area contributed by atoms with Gasteiger partial charge in [-0.15, -0.1) is 11.3 Å². The van der Waals surface area contributed by atoms with Crippen LogP contribution in [0.15, 0.2) is 101 Å². The Morgan fingerprint density at radius 1 is 0.838 bits per heavy atom. The largest absolute Gasteiger partial charge is 0.432 e. The number of ketones is 1. The number of carbonyl (C=O) groups is 1. The number of fused-ring (bicyclic) bond motifs is 4. The normalized spacial score (nSPS) is 12.3. The van der Waals surface area contributed by atoms with Gasteiger partial charge in [-0.05, 0) is 46.5 Å². The molecule has 0 bridgehead atoms. The fourth-order valence-corrected chi connectivity index (χ4v) is 6.13. The Labute approximate surface area is 218 Å². The van der Waals surface area contributed by atoms with Gasteiger partial charge in [-0.3, -0.25) is 4.79 Å². The maximum Gasteiger partial charge on any atom is 0.230 e. The highest BCUT2D eigenvalue weighted by Crippen LogP contribution is 2.46. The zero-order chi connectivity index (χ0) is 24.9. The van der Waals surface area contributed by atoms with Crippen molar-refractivity contribution in [3.05, 3.63) is 119 Å². The molecule has 0 amide bonds. The van der Waals surface area contributed by atoms with Gasteiger partial charge in [-0.1, -0.05) is 84.9 Å². The van der Waals surface area contributed by atoms with E-state index in [2.05, 4.69) is 29.6 Å². The van der Waals surface area contributed by atoms with E-state index in [0.29, 0.717) is 17.0 Å². The van der Waals surface area contributed by atoms with Gasteiger partial charge >= 0.3 is 0 Å². The molecule has 7 rings (SSSR count). The van der Waals surface area contributed by atoms with E-state index in [9.17, 15) is 4.79 Å². The third kappa shape index (κ3) is 3.51. The molecule has 1 aliphatic rings. The first-order valence-electron chi connectivity index (χ1n) is 12.3. The minimum Gasteiger partial charge on any atom is -0.432 e. The predicted molar refractivity (Wildman–Crippen MR) is 150 cm³/mol. The van der Waals surface area contributed by atoms with Gasteiger partial charge < -0.3 is 10.2 Å². The summed E-state index contributed by atoms with van der Waals surface area (Å²) >= 11 is 1.66. The number of nitrogens with zero attached hydrogens (tertiary/aromatic N) is 1. The van der Waals surface area contributed by atoms with Gasteiger partial charge in [0.05, 0.1) is 16.8 Å². The van der Waals surface area contributed by atoms with E-state index in [4.69, 9.17) is 15.1 Å². The topological polar surface area (TPSA) is 69.1 Å². The van der Waals surface area contributed by atoms with Crippen LogP contribution in [0.4, 0.5) is 5.69 Å². The third-order valence-electron chi connectivity index (χ3n) is 7.12. The van der Waals surface area contributed by atoms with Crippen molar-refractivity contribution in [2.24, 2.45) is 0 Å². The summed E-state index contributed by atoms with van der Waals surface area (Å²) in [6, 6.07) is 30.1. The number of aromatic nitrogens is 1. The van der Waals surface area contributed by atoms with Crippen molar-refractivity contribution in [3.8, 4) is 32.8 Å². The number of aryl methyl sites for hydroxylation is 1. The fraction of sp³-hybridized carbons (Fsp3) is 0.0625. The Balaban J connectivity index is 1.39. The van der Waals surface area contributed by atoms with Gasteiger partial charge in [0, 0.05) is 21.6 Å². The van der Waals surface area contributed by atoms with Crippen molar-refractivity contribution in [3.63, 3.8) is 0 Å². The van der Waals surface area contributed by atoms with Crippen molar-refractivity contribution in [1.29, 1.82) is 0 Å². The summed E-state index contributed by atoms with van der Waals surface area (Å²) in [5.74, 6) is -0.103. The number of anilines is 1. The molecule has 6 aromatic rings. The van der Waals surface area contributed by atoms with Gasteiger partial charge in [-0.25, -0.2) is 4.98 Å². The number of hydrogen-bond acceptors (Lipinski definition) is 5. The summed E-state index contributed by atoms with van der Waals surface area (Å²) in [6.07, 6.45) is 1.80. The lowest BCUT2D eigenvalue weighted by atomic mass is 9.85. The van der Waals surface area contributed by atoms with Crippen LogP contribution in [0.3, 0.4) is 0 Å². The number of nitrogens with two attached hydrogens (primary N) is 1. The Kier molecular flexibility index (Phi) is 5.05. The fourth-order valence-electron chi connectivity index (χ4n) is 5.32. The highest BCUT2D eigenvalue weighted by atomic mass is 32.1. The van der Waals surface area contributed by atoms with Gasteiger partial charge in [0.15, 0.2) is 0 Å². The molecule has 178 valence electrons. The second kappa shape index (κ2) is 8.57. The van der Waals surface area contributed by atoms with Gasteiger partial charge in [0.1, 0.15) is 0 Å². The molecule has 0 aliphatic heterocycles. The maximum atomic E-state index is 13.6. The average Bonchev–Trinajstić information content (AvgIpc) is 3.60. The number of carbonyl (C=O) groups excluding carboxylic acids is 1. The number of benzene rings is 3. The molecule has 0 radical (unpaired) electrons. The van der Waals surface area contributed by atoms with E-state index in [-0.39, 0.29) is 11.5 Å². The maximum absolute atomic E-state index is 13.6. The van der Waals surface area contributed by atoms with E-state index in [1.165, 1.54) is 5.56 Å². The lowest BCUT2D eigenvalue weighted by molar-refractivity contribution is 0.101. The average molecular weight is 499 g/mol. The van der Waals surface area contributed by atoms with Crippen LogP contribution in [0.1, 0.15) is 27.2 Å². The molecule has 0 fully saturated rings. The molecule has 3 aromatic carbocycles. The third-order valence-corrected chi connectivity index (χ3v) is 8.01. The molecule has 0 unspecified atom stereocenters. The molecular formula is C32H22N2O2S. The first kappa shape index (κ1) is 21.8. The van der Waals surface area contributed by atoms with Gasteiger partial charge in [0.25, 0.3) is 0 Å². The van der Waals surface area contributed by atoms with Crippen LogP contribution >= 0.6 is 11.3 Å². The Morgan fingerprint density at radius 2 is 1.59 bits per heavy atom. The van der Waals surface area contributed by atoms with Crippen molar-refractivity contribution in [2.45, 2.75) is 12.8 Å². The summed E-state index contributed by atoms with van der Waals surface area (Å²) in [6.45, 7) is 0. The number of hydrogen-bond donors (Lipinski definition) is 1. The predicted octanol–water partition coefficient (Wildman–Crippen LogP) is 7.80. The van der Waals surface area contributed by atoms with E-state index >= 15 is 0 Å². The van der Waals surface area contributed by atoms with Crippen molar-refractivity contribution in [2.75, 3.05) is 5.73 Å². The Morgan fingerprint density at radius 3 is 2.38 bits per heavy atom. The second-order valence-electron chi connectivity index (χ2n) is 9.25. The van der Waals surface area contributed by atoms with Crippen LogP contribution in [-0.4, -0.2) is 10.8 Å². The van der Waals surface area contributed by atoms with Crippen LogP contribution in [0.2, 0.25) is 0 Å². The van der Waals surface area contributed by atoms with Crippen molar-refractivity contribution in [1.82, 2.24) is 4.98 Å². The molecular weight excluding hydrogens is 476 g/mol. The summed E-state index contributed by atoms with van der Waals surface area (Å²) in [7, 11) is 0. The van der Waals surface area contributed by atoms with E-state index < -0.39 is 0 Å². The van der Waals surface area contributed by atoms with Crippen molar-refractivity contribution < 1.29 is 9.21 Å². The molecule has 5 heteroatoms. The SMILES string of the molecule is Nc1c(C(=O)c2ccc(-c3ccccc3)cc2)oc2nc3c(c(-c4cccs4)c12)CCc1ccccc1-3. The second-order valence-corrected chi connectivity index (χ2v) is 10.2. The molecule has 37 heavy (non-hydrogen) atoms. The van der Waals surface area contributed by atoms with E-state index in [1.54, 1.807) is 11.3 Å². The first-order valence-corrected chi connectivity index (χ1v) is 13.1. The highest BCUT2D eigenvalue weighted by molar-refractivity contribution is 7.13. The van der Waals surface area contributed by atoms with E-state index in [1.807, 2.05) is 66.7 Å². The smallest absolute Gasteiger partial charge is 0.230 e. The van der Waals surface area contributed by atoms with Gasteiger partial charge in [-0.2, -0.15) is 0 Å². The molecule has 4 nitrogen and oxygen atoms in total. The zero-order valence-electron chi connectivity index (χ0n) is 19.9. The molecule has 0 spiro atoms. The molecule has 3 heterocycles. The lowest BCUT2D eigenvalue weighted by Gasteiger charge is -2.21. The van der Waals surface area contributed by atoms with Crippen LogP contribution in [0.25, 0.3) is 43.9 Å². The number of pyridine rings is 1. The highest BCUT2D eigenvalue weighted by Gasteiger charge is 2.29. The Bertz CT molecular complexity index is 1780. The lowest BCUT2D eigenvalue weighted by Crippen LogP contribution is -2.08. The van der Waals surface area contributed by atoms with Crippen LogP contribution in [0.5, 0.6) is 0 Å². The minimum atomic E-state index is -0.245. The summed E-state index contributed by atoms with van der Waals surface area (Å²) in [5.41, 5.74) is 15.6. The standard InChI is InChI=1S/C32H22N2O2S/c33-28-27-26(25-11-6-18-37-25)24-17-16-21-9-4-5-10-23(21)29(24)34-32(27)36-31(28)30(35)22-14-12-20(13-15-22)19-7-2-1-3-8-19/h1-15,18H,16-17,33H2. The summed E-state index contributed by atoms with van der Waals surface area (Å²) < 4.78 is 6.17. The molecule has 3 aromatic heterocycles. The summed E-state index contributed by atoms with van der Waals surface area (Å²) in [5, 5.41) is 2.78. The molecule has 0 saturated heterocycles. The number of furan rings is 1. The van der Waals surface area contributed by atoms with Crippen molar-refractivity contribution >= 4 is 33.9 Å². The molecule has 0 atom stereocenters. The molecule has 1 aliphatic carbocycles. The quantitative estimate of drug-likeness (QED) is 0.252. The van der Waals surface area contributed by atoms with Gasteiger partial charge in [0.2, 0.25) is 17.3 Å². The van der Waals surface area contributed by atoms with E-state index in [0.717, 1.165) is 56.6 Å². The number of nitrogen functional groups attached to an aromatic ring is 1. The minimum absolute atomic E-state index is 0.142. The van der Waals surface area contributed by atoms with Crippen LogP contribution < -0.4 is 5.73 Å².